The first-order valence-electron chi connectivity index (χ1n) is 5.21. The third-order valence-corrected chi connectivity index (χ3v) is 3.58. The van der Waals surface area contributed by atoms with Gasteiger partial charge in [0.05, 0.1) is 6.61 Å². The van der Waals surface area contributed by atoms with Crippen LogP contribution >= 0.6 is 0 Å². The Morgan fingerprint density at radius 1 is 1.50 bits per heavy atom. The number of hydrogen-bond donors (Lipinski definition) is 1. The Morgan fingerprint density at radius 3 is 2.71 bits per heavy atom. The first kappa shape index (κ1) is 9.90. The number of carbonyl (C=O) groups is 1. The maximum Gasteiger partial charge on any atom is 0.345 e. The van der Waals surface area contributed by atoms with E-state index in [4.69, 9.17) is 4.74 Å². The third-order valence-electron chi connectivity index (χ3n) is 3.58. The largest absolute Gasteiger partial charge is 0.464 e. The molecule has 0 aromatic carbocycles. The van der Waals surface area contributed by atoms with Crippen molar-refractivity contribution < 1.29 is 13.9 Å². The lowest BCUT2D eigenvalue weighted by Gasteiger charge is -2.44. The SMILES string of the molecule is CCOC(=O)C1(F)CNCC12CCC2. The van der Waals surface area contributed by atoms with Crippen LogP contribution in [-0.2, 0) is 9.53 Å². The van der Waals surface area contributed by atoms with Gasteiger partial charge in [-0.3, -0.25) is 0 Å². The number of esters is 1. The smallest absolute Gasteiger partial charge is 0.345 e. The second-order valence-electron chi connectivity index (χ2n) is 4.26. The van der Waals surface area contributed by atoms with Crippen LogP contribution in [0.2, 0.25) is 0 Å². The van der Waals surface area contributed by atoms with Gasteiger partial charge in [0.25, 0.3) is 0 Å². The van der Waals surface area contributed by atoms with E-state index in [1.807, 2.05) is 0 Å². The summed E-state index contributed by atoms with van der Waals surface area (Å²) in [6, 6.07) is 0. The topological polar surface area (TPSA) is 38.3 Å². The molecule has 2 fully saturated rings. The quantitative estimate of drug-likeness (QED) is 0.678. The number of halogens is 1. The summed E-state index contributed by atoms with van der Waals surface area (Å²) in [5.41, 5.74) is -2.24. The van der Waals surface area contributed by atoms with Gasteiger partial charge in [-0.25, -0.2) is 9.18 Å². The summed E-state index contributed by atoms with van der Waals surface area (Å²) in [4.78, 5) is 11.5. The summed E-state index contributed by atoms with van der Waals surface area (Å²) < 4.78 is 19.3. The zero-order valence-electron chi connectivity index (χ0n) is 8.44. The Hall–Kier alpha value is -0.640. The molecule has 1 N–H and O–H groups in total. The fourth-order valence-corrected chi connectivity index (χ4v) is 2.51. The summed E-state index contributed by atoms with van der Waals surface area (Å²) in [6.45, 7) is 2.69. The van der Waals surface area contributed by atoms with Crippen LogP contribution in [0, 0.1) is 5.41 Å². The van der Waals surface area contributed by atoms with E-state index in [1.165, 1.54) is 0 Å². The molecule has 1 atom stereocenters. The van der Waals surface area contributed by atoms with Gasteiger partial charge in [-0.1, -0.05) is 6.42 Å². The predicted octanol–water partition coefficient (Wildman–Crippen LogP) is 1.03. The molecule has 0 amide bonds. The predicted molar refractivity (Wildman–Crippen MR) is 49.6 cm³/mol. The van der Waals surface area contributed by atoms with Gasteiger partial charge in [0.1, 0.15) is 0 Å². The number of carbonyl (C=O) groups excluding carboxylic acids is 1. The van der Waals surface area contributed by atoms with E-state index in [0.29, 0.717) is 6.54 Å². The Labute approximate surface area is 83.0 Å². The van der Waals surface area contributed by atoms with E-state index < -0.39 is 17.1 Å². The molecule has 80 valence electrons. The van der Waals surface area contributed by atoms with Crippen molar-refractivity contribution in [3.05, 3.63) is 0 Å². The Kier molecular flexibility index (Phi) is 2.26. The molecule has 2 aliphatic rings. The van der Waals surface area contributed by atoms with Crippen molar-refractivity contribution in [3.8, 4) is 0 Å². The molecule has 1 spiro atoms. The van der Waals surface area contributed by atoms with Crippen molar-refractivity contribution in [2.75, 3.05) is 19.7 Å². The Morgan fingerprint density at radius 2 is 2.21 bits per heavy atom. The van der Waals surface area contributed by atoms with Crippen LogP contribution in [0.5, 0.6) is 0 Å². The fourth-order valence-electron chi connectivity index (χ4n) is 2.51. The molecule has 1 aliphatic carbocycles. The highest BCUT2D eigenvalue weighted by Crippen LogP contribution is 2.53. The summed E-state index contributed by atoms with van der Waals surface area (Å²) in [7, 11) is 0. The summed E-state index contributed by atoms with van der Waals surface area (Å²) in [6.07, 6.45) is 2.62. The maximum atomic E-state index is 14.5. The minimum Gasteiger partial charge on any atom is -0.464 e. The van der Waals surface area contributed by atoms with Crippen molar-refractivity contribution in [3.63, 3.8) is 0 Å². The highest BCUT2D eigenvalue weighted by Gasteiger charge is 2.64. The molecular weight excluding hydrogens is 185 g/mol. The molecular formula is C10H16FNO2. The number of hydrogen-bond acceptors (Lipinski definition) is 3. The second-order valence-corrected chi connectivity index (χ2v) is 4.26. The molecule has 2 rings (SSSR count). The van der Waals surface area contributed by atoms with Crippen molar-refractivity contribution in [2.45, 2.75) is 31.9 Å². The average molecular weight is 201 g/mol. The normalized spacial score (nSPS) is 34.1. The van der Waals surface area contributed by atoms with Gasteiger partial charge in [-0.15, -0.1) is 0 Å². The van der Waals surface area contributed by atoms with E-state index in [2.05, 4.69) is 5.32 Å². The lowest BCUT2D eigenvalue weighted by Crippen LogP contribution is -2.54. The van der Waals surface area contributed by atoms with Gasteiger partial charge in [-0.05, 0) is 19.8 Å². The number of alkyl halides is 1. The zero-order valence-corrected chi connectivity index (χ0v) is 8.44. The van der Waals surface area contributed by atoms with E-state index in [1.54, 1.807) is 6.92 Å². The minimum absolute atomic E-state index is 0.117. The number of rotatable bonds is 2. The van der Waals surface area contributed by atoms with Crippen LogP contribution in [0.1, 0.15) is 26.2 Å². The standard InChI is InChI=1S/C10H16FNO2/c1-2-14-8(13)10(11)7-12-6-9(10)4-3-5-9/h12H,2-7H2,1H3. The van der Waals surface area contributed by atoms with Gasteiger partial charge < -0.3 is 10.1 Å². The van der Waals surface area contributed by atoms with Crippen LogP contribution < -0.4 is 5.32 Å². The van der Waals surface area contributed by atoms with Gasteiger partial charge in [0, 0.05) is 18.5 Å². The van der Waals surface area contributed by atoms with Gasteiger partial charge in [-0.2, -0.15) is 0 Å². The fraction of sp³-hybridized carbons (Fsp3) is 0.900. The van der Waals surface area contributed by atoms with Gasteiger partial charge in [0.2, 0.25) is 5.67 Å². The first-order valence-corrected chi connectivity index (χ1v) is 5.21. The lowest BCUT2D eigenvalue weighted by molar-refractivity contribution is -0.168. The molecule has 0 aromatic heterocycles. The summed E-state index contributed by atoms with van der Waals surface area (Å²) >= 11 is 0. The number of ether oxygens (including phenoxy) is 1. The Bertz CT molecular complexity index is 253. The molecule has 3 nitrogen and oxygen atoms in total. The molecule has 1 saturated carbocycles. The van der Waals surface area contributed by atoms with Crippen LogP contribution in [0.15, 0.2) is 0 Å². The molecule has 14 heavy (non-hydrogen) atoms. The van der Waals surface area contributed by atoms with Crippen LogP contribution in [0.25, 0.3) is 0 Å². The molecule has 4 heteroatoms. The minimum atomic E-state index is -1.78. The molecule has 1 unspecified atom stereocenters. The monoisotopic (exact) mass is 201 g/mol. The molecule has 1 saturated heterocycles. The Balaban J connectivity index is 2.16. The first-order chi connectivity index (χ1) is 6.65. The zero-order chi connectivity index (χ0) is 10.2. The van der Waals surface area contributed by atoms with Crippen molar-refractivity contribution in [2.24, 2.45) is 5.41 Å². The summed E-state index contributed by atoms with van der Waals surface area (Å²) in [5.74, 6) is -0.676. The van der Waals surface area contributed by atoms with E-state index in [9.17, 15) is 9.18 Å². The van der Waals surface area contributed by atoms with Crippen LogP contribution in [-0.4, -0.2) is 31.3 Å². The van der Waals surface area contributed by atoms with E-state index in [0.717, 1.165) is 19.3 Å². The molecule has 0 aromatic rings. The van der Waals surface area contributed by atoms with Crippen molar-refractivity contribution in [1.29, 1.82) is 0 Å². The van der Waals surface area contributed by atoms with E-state index >= 15 is 0 Å². The number of nitrogens with one attached hydrogen (secondary N) is 1. The second kappa shape index (κ2) is 3.19. The highest BCUT2D eigenvalue weighted by molar-refractivity contribution is 5.82. The molecule has 0 bridgehead atoms. The highest BCUT2D eigenvalue weighted by atomic mass is 19.1. The van der Waals surface area contributed by atoms with Gasteiger partial charge in [0.15, 0.2) is 0 Å². The summed E-state index contributed by atoms with van der Waals surface area (Å²) in [5, 5.41) is 2.97. The van der Waals surface area contributed by atoms with Crippen LogP contribution in [0.4, 0.5) is 4.39 Å². The molecule has 0 radical (unpaired) electrons. The average Bonchev–Trinajstić information content (AvgIpc) is 2.44. The van der Waals surface area contributed by atoms with Crippen LogP contribution in [0.3, 0.4) is 0 Å². The van der Waals surface area contributed by atoms with Crippen molar-refractivity contribution in [1.82, 2.24) is 5.32 Å². The molecule has 1 aliphatic heterocycles. The van der Waals surface area contributed by atoms with E-state index in [-0.39, 0.29) is 13.2 Å². The van der Waals surface area contributed by atoms with Crippen molar-refractivity contribution >= 4 is 5.97 Å². The lowest BCUT2D eigenvalue weighted by atomic mass is 9.61. The van der Waals surface area contributed by atoms with Gasteiger partial charge >= 0.3 is 5.97 Å². The molecule has 1 heterocycles. The third kappa shape index (κ3) is 1.10. The maximum absolute atomic E-state index is 14.5.